The first-order chi connectivity index (χ1) is 20.6. The number of carbonyl (C=O) groups excluding carboxylic acids is 1. The molecule has 1 saturated heterocycles. The molecule has 1 fully saturated rings. The number of alkyl halides is 3. The first kappa shape index (κ1) is 31.4. The van der Waals surface area contributed by atoms with Crippen molar-refractivity contribution >= 4 is 11.9 Å². The van der Waals surface area contributed by atoms with E-state index < -0.39 is 17.7 Å². The maximum absolute atomic E-state index is 12.8. The molecule has 2 heterocycles. The maximum atomic E-state index is 12.8. The average Bonchev–Trinajstić information content (AvgIpc) is 3.45. The second kappa shape index (κ2) is 14.6. The Morgan fingerprint density at radius 3 is 2.23 bits per heavy atom. The number of aliphatic carboxylic acids is 1. The second-order valence-corrected chi connectivity index (χ2v) is 10.3. The molecule has 3 aromatic carbocycles. The Morgan fingerprint density at radius 1 is 0.930 bits per heavy atom. The van der Waals surface area contributed by atoms with Crippen LogP contribution in [0.4, 0.5) is 13.2 Å². The first-order valence-electron chi connectivity index (χ1n) is 13.9. The molecule has 0 radical (unpaired) electrons. The monoisotopic (exact) mass is 593 g/mol. The fourth-order valence-electron chi connectivity index (χ4n) is 4.83. The number of carboxylic acid groups (broad SMARTS) is 1. The van der Waals surface area contributed by atoms with Gasteiger partial charge < -0.3 is 19.7 Å². The van der Waals surface area contributed by atoms with E-state index in [0.29, 0.717) is 11.4 Å². The lowest BCUT2D eigenvalue weighted by molar-refractivity contribution is -0.137. The number of hydrogen-bond donors (Lipinski definition) is 2. The molecular weight excluding hydrogens is 559 g/mol. The molecule has 0 atom stereocenters. The minimum absolute atomic E-state index is 0.0318. The Morgan fingerprint density at radius 2 is 1.58 bits per heavy atom. The molecular formula is C33H34F3N3O4. The highest BCUT2D eigenvalue weighted by Gasteiger charge is 2.30. The third-order valence-electron chi connectivity index (χ3n) is 6.92. The van der Waals surface area contributed by atoms with Gasteiger partial charge in [-0.1, -0.05) is 42.5 Å². The number of carbonyl (C=O) groups is 2. The van der Waals surface area contributed by atoms with Crippen molar-refractivity contribution in [2.45, 2.75) is 38.5 Å². The van der Waals surface area contributed by atoms with E-state index in [1.54, 1.807) is 0 Å². The largest absolute Gasteiger partial charge is 0.484 e. The quantitative estimate of drug-likeness (QED) is 0.247. The van der Waals surface area contributed by atoms with Crippen LogP contribution >= 0.6 is 0 Å². The number of hydrogen-bond acceptors (Lipinski definition) is 4. The Labute approximate surface area is 248 Å². The molecule has 1 aliphatic rings. The van der Waals surface area contributed by atoms with E-state index in [2.05, 4.69) is 10.2 Å². The molecule has 0 bridgehead atoms. The SMILES string of the molecule is CC(=O)O.O=C(COc1cccc(-c2ccccc2)c1)NC1CCN(Cc2ccn(-c3ccc(C(F)(F)F)cc3)c2)CC1. The molecule has 5 rings (SSSR count). The summed E-state index contributed by atoms with van der Waals surface area (Å²) in [6.07, 6.45) is 1.15. The minimum atomic E-state index is -4.34. The standard InChI is InChI=1S/C31H30F3N3O2.C2H4O2/c32-31(33,34)26-9-11-28(12-10-26)37-18-13-23(21-37)20-36-16-14-27(15-17-36)35-30(38)22-39-29-8-4-7-25(19-29)24-5-2-1-3-6-24;1-2(3)4/h1-13,18-19,21,27H,14-17,20,22H2,(H,35,38);1H3,(H,3,4). The number of amides is 1. The molecule has 10 heteroatoms. The van der Waals surface area contributed by atoms with Crippen molar-refractivity contribution < 1.29 is 32.6 Å². The zero-order valence-electron chi connectivity index (χ0n) is 23.8. The van der Waals surface area contributed by atoms with Gasteiger partial charge in [0.15, 0.2) is 6.61 Å². The Kier molecular flexibility index (Phi) is 10.6. The van der Waals surface area contributed by atoms with Crippen LogP contribution in [0.5, 0.6) is 5.75 Å². The lowest BCUT2D eigenvalue weighted by atomic mass is 10.0. The summed E-state index contributed by atoms with van der Waals surface area (Å²) in [5.41, 5.74) is 3.25. The van der Waals surface area contributed by atoms with E-state index in [9.17, 15) is 18.0 Å². The fraction of sp³-hybridized carbons (Fsp3) is 0.273. The van der Waals surface area contributed by atoms with Crippen LogP contribution in [0.25, 0.3) is 16.8 Å². The number of halogens is 3. The number of carboxylic acids is 1. The molecule has 4 aromatic rings. The van der Waals surface area contributed by atoms with E-state index in [1.807, 2.05) is 77.6 Å². The average molecular weight is 594 g/mol. The molecule has 1 aromatic heterocycles. The van der Waals surface area contributed by atoms with Crippen molar-refractivity contribution in [3.05, 3.63) is 108 Å². The van der Waals surface area contributed by atoms with Crippen LogP contribution in [0.2, 0.25) is 0 Å². The van der Waals surface area contributed by atoms with Gasteiger partial charge in [-0.3, -0.25) is 14.5 Å². The Bertz CT molecular complexity index is 1480. The summed E-state index contributed by atoms with van der Waals surface area (Å²) in [6, 6.07) is 25.0. The fourth-order valence-corrected chi connectivity index (χ4v) is 4.83. The lowest BCUT2D eigenvalue weighted by Gasteiger charge is -2.32. The highest BCUT2D eigenvalue weighted by molar-refractivity contribution is 5.78. The van der Waals surface area contributed by atoms with E-state index in [1.165, 1.54) is 12.1 Å². The van der Waals surface area contributed by atoms with E-state index in [0.717, 1.165) is 68.2 Å². The molecule has 2 N–H and O–H groups in total. The lowest BCUT2D eigenvalue weighted by Crippen LogP contribution is -2.45. The molecule has 0 unspecified atom stereocenters. The summed E-state index contributed by atoms with van der Waals surface area (Å²) < 4.78 is 46.0. The molecule has 226 valence electrons. The van der Waals surface area contributed by atoms with Crippen LogP contribution < -0.4 is 10.1 Å². The van der Waals surface area contributed by atoms with Gasteiger partial charge in [-0.25, -0.2) is 0 Å². The van der Waals surface area contributed by atoms with Crippen LogP contribution in [-0.2, 0) is 22.3 Å². The van der Waals surface area contributed by atoms with Gasteiger partial charge in [0.1, 0.15) is 5.75 Å². The van der Waals surface area contributed by atoms with Crippen LogP contribution in [0.1, 0.15) is 30.9 Å². The van der Waals surface area contributed by atoms with Crippen molar-refractivity contribution in [2.24, 2.45) is 0 Å². The summed E-state index contributed by atoms with van der Waals surface area (Å²) in [4.78, 5) is 23.8. The number of rotatable bonds is 8. The molecule has 0 spiro atoms. The van der Waals surface area contributed by atoms with Crippen LogP contribution in [-0.4, -0.2) is 52.2 Å². The molecule has 1 aliphatic heterocycles. The van der Waals surface area contributed by atoms with Crippen molar-refractivity contribution in [1.82, 2.24) is 14.8 Å². The Balaban J connectivity index is 0.000000996. The molecule has 0 aliphatic carbocycles. The van der Waals surface area contributed by atoms with Gasteiger partial charge in [0, 0.05) is 50.7 Å². The van der Waals surface area contributed by atoms with Gasteiger partial charge in [-0.05, 0) is 72.0 Å². The van der Waals surface area contributed by atoms with Crippen molar-refractivity contribution in [2.75, 3.05) is 19.7 Å². The number of likely N-dealkylation sites (tertiary alicyclic amines) is 1. The van der Waals surface area contributed by atoms with Gasteiger partial charge in [0.25, 0.3) is 11.9 Å². The first-order valence-corrected chi connectivity index (χ1v) is 13.9. The predicted octanol–water partition coefficient (Wildman–Crippen LogP) is 6.41. The number of nitrogens with zero attached hydrogens (tertiary/aromatic N) is 2. The second-order valence-electron chi connectivity index (χ2n) is 10.3. The highest BCUT2D eigenvalue weighted by atomic mass is 19.4. The van der Waals surface area contributed by atoms with Gasteiger partial charge in [-0.2, -0.15) is 13.2 Å². The third-order valence-corrected chi connectivity index (χ3v) is 6.92. The molecule has 43 heavy (non-hydrogen) atoms. The van der Waals surface area contributed by atoms with E-state index >= 15 is 0 Å². The Hall–Kier alpha value is -4.57. The highest BCUT2D eigenvalue weighted by Crippen LogP contribution is 2.30. The van der Waals surface area contributed by atoms with Crippen LogP contribution in [0.15, 0.2) is 97.3 Å². The van der Waals surface area contributed by atoms with Crippen molar-refractivity contribution in [3.8, 4) is 22.6 Å². The topological polar surface area (TPSA) is 83.8 Å². The zero-order valence-corrected chi connectivity index (χ0v) is 23.8. The van der Waals surface area contributed by atoms with Crippen molar-refractivity contribution in [3.63, 3.8) is 0 Å². The molecule has 1 amide bonds. The van der Waals surface area contributed by atoms with Crippen LogP contribution in [0, 0.1) is 0 Å². The summed E-state index contributed by atoms with van der Waals surface area (Å²) in [6.45, 7) is 3.48. The predicted molar refractivity (Wildman–Crippen MR) is 158 cm³/mol. The van der Waals surface area contributed by atoms with Gasteiger partial charge in [0.2, 0.25) is 0 Å². The number of benzene rings is 3. The normalized spacial score (nSPS) is 14.0. The zero-order chi connectivity index (χ0) is 30.8. The molecule has 0 saturated carbocycles. The summed E-state index contributed by atoms with van der Waals surface area (Å²) in [5, 5.41) is 10.5. The number of ether oxygens (including phenoxy) is 1. The van der Waals surface area contributed by atoms with Crippen LogP contribution in [0.3, 0.4) is 0 Å². The van der Waals surface area contributed by atoms with E-state index in [-0.39, 0.29) is 18.6 Å². The van der Waals surface area contributed by atoms with Crippen molar-refractivity contribution in [1.29, 1.82) is 0 Å². The van der Waals surface area contributed by atoms with E-state index in [4.69, 9.17) is 14.6 Å². The number of piperidine rings is 1. The smallest absolute Gasteiger partial charge is 0.416 e. The molecule has 7 nitrogen and oxygen atoms in total. The van der Waals surface area contributed by atoms with Gasteiger partial charge >= 0.3 is 6.18 Å². The summed E-state index contributed by atoms with van der Waals surface area (Å²) in [7, 11) is 0. The maximum Gasteiger partial charge on any atom is 0.416 e. The summed E-state index contributed by atoms with van der Waals surface area (Å²) in [5.74, 6) is -0.309. The third kappa shape index (κ3) is 9.75. The summed E-state index contributed by atoms with van der Waals surface area (Å²) >= 11 is 0. The number of aromatic nitrogens is 1. The minimum Gasteiger partial charge on any atom is -0.484 e. The number of nitrogens with one attached hydrogen (secondary N) is 1. The van der Waals surface area contributed by atoms with Gasteiger partial charge in [-0.15, -0.1) is 0 Å². The van der Waals surface area contributed by atoms with Gasteiger partial charge in [0.05, 0.1) is 5.56 Å².